The standard InChI is InChI=1S/C25H23N3O4/c1-25(20-11-13-21(31-2)14-12-20)23(29)28(24(30)27-25)26-16-19-9-6-10-22(15-19)32-17-18-7-4-3-5-8-18/h3-16H,17H2,1-2H3,(H,27,30)/b26-16+. The van der Waals surface area contributed by atoms with Gasteiger partial charge in [-0.1, -0.05) is 54.6 Å². The Bertz CT molecular complexity index is 1150. The lowest BCUT2D eigenvalue weighted by molar-refractivity contribution is -0.131. The van der Waals surface area contributed by atoms with E-state index in [-0.39, 0.29) is 0 Å². The number of hydrogen-bond acceptors (Lipinski definition) is 5. The second-order valence-corrected chi connectivity index (χ2v) is 7.49. The number of ether oxygens (including phenoxy) is 2. The van der Waals surface area contributed by atoms with E-state index in [0.29, 0.717) is 29.2 Å². The van der Waals surface area contributed by atoms with Crippen molar-refractivity contribution < 1.29 is 19.1 Å². The van der Waals surface area contributed by atoms with Crippen molar-refractivity contribution in [2.75, 3.05) is 7.11 Å². The molecule has 32 heavy (non-hydrogen) atoms. The number of nitrogens with zero attached hydrogens (tertiary/aromatic N) is 2. The van der Waals surface area contributed by atoms with Gasteiger partial charge in [0.2, 0.25) is 0 Å². The minimum absolute atomic E-state index is 0.439. The molecule has 1 aliphatic rings. The highest BCUT2D eigenvalue weighted by molar-refractivity contribution is 6.07. The zero-order chi connectivity index (χ0) is 22.6. The van der Waals surface area contributed by atoms with Crippen LogP contribution >= 0.6 is 0 Å². The van der Waals surface area contributed by atoms with Crippen molar-refractivity contribution in [3.05, 3.63) is 95.6 Å². The van der Waals surface area contributed by atoms with Crippen LogP contribution in [-0.2, 0) is 16.9 Å². The summed E-state index contributed by atoms with van der Waals surface area (Å²) >= 11 is 0. The molecule has 3 aromatic rings. The molecule has 7 nitrogen and oxygen atoms in total. The van der Waals surface area contributed by atoms with Crippen LogP contribution in [0.4, 0.5) is 4.79 Å². The van der Waals surface area contributed by atoms with Gasteiger partial charge in [0.05, 0.1) is 13.3 Å². The minimum Gasteiger partial charge on any atom is -0.497 e. The van der Waals surface area contributed by atoms with Crippen LogP contribution in [0.15, 0.2) is 84.0 Å². The average molecular weight is 429 g/mol. The summed E-state index contributed by atoms with van der Waals surface area (Å²) in [6.45, 7) is 2.09. The van der Waals surface area contributed by atoms with E-state index in [4.69, 9.17) is 9.47 Å². The first-order chi connectivity index (χ1) is 15.5. The Kier molecular flexibility index (Phi) is 5.89. The number of urea groups is 1. The summed E-state index contributed by atoms with van der Waals surface area (Å²) < 4.78 is 11.0. The van der Waals surface area contributed by atoms with Crippen molar-refractivity contribution in [2.24, 2.45) is 5.10 Å². The molecule has 0 saturated carbocycles. The molecular weight excluding hydrogens is 406 g/mol. The Balaban J connectivity index is 1.47. The maximum absolute atomic E-state index is 13.0. The second-order valence-electron chi connectivity index (χ2n) is 7.49. The van der Waals surface area contributed by atoms with Crippen LogP contribution < -0.4 is 14.8 Å². The van der Waals surface area contributed by atoms with Crippen LogP contribution in [0.1, 0.15) is 23.6 Å². The minimum atomic E-state index is -1.21. The van der Waals surface area contributed by atoms with Gasteiger partial charge in [-0.3, -0.25) is 4.79 Å². The molecule has 1 atom stereocenters. The first-order valence-corrected chi connectivity index (χ1v) is 10.1. The largest absolute Gasteiger partial charge is 0.497 e. The number of hydrazone groups is 1. The quantitative estimate of drug-likeness (QED) is 0.453. The third-order valence-electron chi connectivity index (χ3n) is 5.27. The van der Waals surface area contributed by atoms with E-state index in [1.165, 1.54) is 6.21 Å². The van der Waals surface area contributed by atoms with Gasteiger partial charge in [0.1, 0.15) is 23.6 Å². The Hall–Kier alpha value is -4.13. The molecule has 3 amide bonds. The highest BCUT2D eigenvalue weighted by atomic mass is 16.5. The smallest absolute Gasteiger partial charge is 0.346 e. The molecule has 0 aliphatic carbocycles. The van der Waals surface area contributed by atoms with Gasteiger partial charge in [-0.05, 0) is 47.9 Å². The van der Waals surface area contributed by atoms with E-state index in [1.807, 2.05) is 48.5 Å². The van der Waals surface area contributed by atoms with E-state index in [2.05, 4.69) is 10.4 Å². The summed E-state index contributed by atoms with van der Waals surface area (Å²) in [4.78, 5) is 25.5. The molecule has 1 saturated heterocycles. The highest BCUT2D eigenvalue weighted by Crippen LogP contribution is 2.30. The summed E-state index contributed by atoms with van der Waals surface area (Å²) in [6.07, 6.45) is 1.46. The van der Waals surface area contributed by atoms with Gasteiger partial charge in [-0.25, -0.2) is 4.79 Å². The zero-order valence-electron chi connectivity index (χ0n) is 17.8. The van der Waals surface area contributed by atoms with Crippen LogP contribution in [-0.4, -0.2) is 30.3 Å². The number of carbonyl (C=O) groups is 2. The number of methoxy groups -OCH3 is 1. The van der Waals surface area contributed by atoms with Gasteiger partial charge in [-0.15, -0.1) is 5.01 Å². The van der Waals surface area contributed by atoms with E-state index >= 15 is 0 Å². The SMILES string of the molecule is COc1ccc(C2(C)NC(=O)N(/N=C/c3cccc(OCc4ccccc4)c3)C2=O)cc1. The predicted molar refractivity (Wildman–Crippen MR) is 121 cm³/mol. The van der Waals surface area contributed by atoms with Gasteiger partial charge in [0.25, 0.3) is 5.91 Å². The maximum atomic E-state index is 13.0. The molecule has 3 aromatic carbocycles. The summed E-state index contributed by atoms with van der Waals surface area (Å²) in [5.74, 6) is 0.872. The van der Waals surface area contributed by atoms with Gasteiger partial charge in [0.15, 0.2) is 0 Å². The Labute approximate surface area is 186 Å². The molecule has 0 aromatic heterocycles. The lowest BCUT2D eigenvalue weighted by Crippen LogP contribution is -2.40. The molecule has 4 rings (SSSR count). The van der Waals surface area contributed by atoms with Crippen molar-refractivity contribution in [1.29, 1.82) is 0 Å². The van der Waals surface area contributed by atoms with Gasteiger partial charge in [0, 0.05) is 0 Å². The summed E-state index contributed by atoms with van der Waals surface area (Å²) in [7, 11) is 1.57. The number of carbonyl (C=O) groups excluding carboxylic acids is 2. The Morgan fingerprint density at radius 2 is 1.72 bits per heavy atom. The molecule has 1 aliphatic heterocycles. The molecule has 1 N–H and O–H groups in total. The van der Waals surface area contributed by atoms with Crippen LogP contribution in [0.5, 0.6) is 11.5 Å². The Morgan fingerprint density at radius 3 is 2.44 bits per heavy atom. The first-order valence-electron chi connectivity index (χ1n) is 10.1. The van der Waals surface area contributed by atoms with E-state index in [1.54, 1.807) is 44.4 Å². The van der Waals surface area contributed by atoms with E-state index < -0.39 is 17.5 Å². The molecule has 162 valence electrons. The number of hydrogen-bond donors (Lipinski definition) is 1. The second kappa shape index (κ2) is 8.93. The number of nitrogens with one attached hydrogen (secondary N) is 1. The van der Waals surface area contributed by atoms with Crippen molar-refractivity contribution >= 4 is 18.2 Å². The molecule has 0 spiro atoms. The Morgan fingerprint density at radius 1 is 0.969 bits per heavy atom. The molecule has 1 heterocycles. The molecular formula is C25H23N3O4. The molecule has 0 bridgehead atoms. The molecule has 1 unspecified atom stereocenters. The van der Waals surface area contributed by atoms with Crippen LogP contribution in [0, 0.1) is 0 Å². The van der Waals surface area contributed by atoms with Crippen molar-refractivity contribution in [2.45, 2.75) is 19.1 Å². The zero-order valence-corrected chi connectivity index (χ0v) is 17.8. The number of rotatable bonds is 7. The molecule has 7 heteroatoms. The lowest BCUT2D eigenvalue weighted by atomic mass is 9.92. The maximum Gasteiger partial charge on any atom is 0.346 e. The fourth-order valence-corrected chi connectivity index (χ4v) is 3.40. The van der Waals surface area contributed by atoms with Gasteiger partial charge >= 0.3 is 6.03 Å². The third-order valence-corrected chi connectivity index (χ3v) is 5.27. The van der Waals surface area contributed by atoms with Crippen molar-refractivity contribution in [3.63, 3.8) is 0 Å². The van der Waals surface area contributed by atoms with E-state index in [0.717, 1.165) is 10.6 Å². The number of benzene rings is 3. The molecule has 0 radical (unpaired) electrons. The number of imide groups is 1. The molecule has 1 fully saturated rings. The summed E-state index contributed by atoms with van der Waals surface area (Å²) in [5.41, 5.74) is 1.20. The fourth-order valence-electron chi connectivity index (χ4n) is 3.40. The normalized spacial score (nSPS) is 18.1. The van der Waals surface area contributed by atoms with Crippen LogP contribution in [0.2, 0.25) is 0 Å². The van der Waals surface area contributed by atoms with Crippen LogP contribution in [0.3, 0.4) is 0 Å². The van der Waals surface area contributed by atoms with Crippen molar-refractivity contribution in [1.82, 2.24) is 10.3 Å². The highest BCUT2D eigenvalue weighted by Gasteiger charge is 2.49. The topological polar surface area (TPSA) is 80.2 Å². The first kappa shape index (κ1) is 21.1. The average Bonchev–Trinajstić information content (AvgIpc) is 3.05. The summed E-state index contributed by atoms with van der Waals surface area (Å²) in [6, 6.07) is 23.5. The van der Waals surface area contributed by atoms with Gasteiger partial charge in [-0.2, -0.15) is 5.10 Å². The fraction of sp³-hybridized carbons (Fsp3) is 0.160. The predicted octanol–water partition coefficient (Wildman–Crippen LogP) is 4.08. The lowest BCUT2D eigenvalue weighted by Gasteiger charge is -2.21. The van der Waals surface area contributed by atoms with Crippen molar-refractivity contribution in [3.8, 4) is 11.5 Å². The monoisotopic (exact) mass is 429 g/mol. The third kappa shape index (κ3) is 4.32. The van der Waals surface area contributed by atoms with Crippen LogP contribution in [0.25, 0.3) is 0 Å². The van der Waals surface area contributed by atoms with E-state index in [9.17, 15) is 9.59 Å². The number of amides is 3. The van der Waals surface area contributed by atoms with Gasteiger partial charge < -0.3 is 14.8 Å². The summed E-state index contributed by atoms with van der Waals surface area (Å²) in [5, 5.41) is 7.71.